The van der Waals surface area contributed by atoms with E-state index in [0.717, 1.165) is 0 Å². The Hall–Kier alpha value is -0.240. The lowest BCUT2D eigenvalue weighted by Gasteiger charge is -2.37. The summed E-state index contributed by atoms with van der Waals surface area (Å²) >= 11 is 9.49. The van der Waals surface area contributed by atoms with Gasteiger partial charge in [0.15, 0.2) is 0 Å². The quantitative estimate of drug-likeness (QED) is 0.142. The molecular weight excluding hydrogens is 810 g/mol. The van der Waals surface area contributed by atoms with Crippen LogP contribution in [0.2, 0.25) is 0 Å². The second-order valence-electron chi connectivity index (χ2n) is 6.58. The predicted octanol–water partition coefficient (Wildman–Crippen LogP) is 9.41. The van der Waals surface area contributed by atoms with Gasteiger partial charge in [-0.05, 0) is 139 Å². The van der Waals surface area contributed by atoms with Crippen molar-refractivity contribution in [2.75, 3.05) is 0 Å². The molecule has 0 heterocycles. The Labute approximate surface area is 226 Å². The van der Waals surface area contributed by atoms with E-state index in [4.69, 9.17) is 0 Å². The molecule has 0 N–H and O–H groups in total. The zero-order valence-electron chi connectivity index (χ0n) is 15.2. The van der Waals surface area contributed by atoms with Crippen LogP contribution in [0.3, 0.4) is 0 Å². The van der Waals surface area contributed by atoms with Gasteiger partial charge in [-0.15, -0.1) is 0 Å². The summed E-state index contributed by atoms with van der Waals surface area (Å²) in [5.41, 5.74) is 4.87. The number of nitrogens with zero attached hydrogens (tertiary/aromatic N) is 1. The molecule has 144 valence electrons. The minimum atomic E-state index is 0.543. The van der Waals surface area contributed by atoms with Crippen LogP contribution in [-0.4, -0.2) is 0 Å². The van der Waals surface area contributed by atoms with Crippen molar-refractivity contribution in [1.82, 2.24) is 4.48 Å². The highest BCUT2D eigenvalue weighted by Crippen LogP contribution is 2.51. The summed E-state index contributed by atoms with van der Waals surface area (Å²) in [4.78, 5) is 0. The molecule has 1 nitrogen and oxygen atoms in total. The fourth-order valence-electron chi connectivity index (χ4n) is 3.55. The summed E-state index contributed by atoms with van der Waals surface area (Å²) in [5, 5.41) is 0. The second kappa shape index (κ2) is 9.49. The van der Waals surface area contributed by atoms with Crippen molar-refractivity contribution in [3.05, 3.63) is 111 Å². The number of hydrogen-bond donors (Lipinski definition) is 0. The number of halogens is 4. The summed E-state index contributed by atoms with van der Waals surface area (Å²) in [6.45, 7) is 0. The molecule has 0 atom stereocenters. The molecule has 0 aliphatic heterocycles. The van der Waals surface area contributed by atoms with Crippen LogP contribution in [0.4, 0.5) is 22.7 Å². The summed E-state index contributed by atoms with van der Waals surface area (Å²) in [6.07, 6.45) is 0. The first-order chi connectivity index (χ1) is 14.0. The fraction of sp³-hybridized carbons (Fsp3) is 0. The summed E-state index contributed by atoms with van der Waals surface area (Å²) in [7, 11) is 0. The van der Waals surface area contributed by atoms with Gasteiger partial charge < -0.3 is 0 Å². The molecule has 0 fully saturated rings. The zero-order valence-corrected chi connectivity index (χ0v) is 23.8. The van der Waals surface area contributed by atoms with E-state index in [1.807, 2.05) is 0 Å². The molecule has 0 aliphatic carbocycles. The van der Waals surface area contributed by atoms with Crippen LogP contribution in [0.15, 0.2) is 97.1 Å². The average molecular weight is 826 g/mol. The standard InChI is InChI=1S/C24H16I4N/c25-17-1-9-21(10-2-17)29(22-11-3-18(26)4-12-22,23-13-5-19(27)6-14-23)24-15-7-20(28)8-16-24/h1-16H/q+1. The molecule has 0 saturated carbocycles. The molecule has 0 unspecified atom stereocenters. The molecule has 0 aromatic heterocycles. The van der Waals surface area contributed by atoms with Gasteiger partial charge in [0.05, 0.1) is 0 Å². The molecule has 29 heavy (non-hydrogen) atoms. The van der Waals surface area contributed by atoms with Gasteiger partial charge in [-0.3, -0.25) is 0 Å². The third-order valence-corrected chi connectivity index (χ3v) is 7.73. The molecule has 0 saturated heterocycles. The van der Waals surface area contributed by atoms with Gasteiger partial charge in [0.1, 0.15) is 22.7 Å². The highest BCUT2D eigenvalue weighted by Gasteiger charge is 2.39. The van der Waals surface area contributed by atoms with E-state index in [-0.39, 0.29) is 0 Å². The molecule has 0 amide bonds. The van der Waals surface area contributed by atoms with Gasteiger partial charge >= 0.3 is 0 Å². The largest absolute Gasteiger partial charge is 0.194 e. The Morgan fingerprint density at radius 1 is 0.310 bits per heavy atom. The van der Waals surface area contributed by atoms with E-state index >= 15 is 0 Å². The zero-order chi connectivity index (χ0) is 20.4. The van der Waals surface area contributed by atoms with Crippen LogP contribution in [0.5, 0.6) is 0 Å². The highest BCUT2D eigenvalue weighted by atomic mass is 127. The Morgan fingerprint density at radius 2 is 0.483 bits per heavy atom. The lowest BCUT2D eigenvalue weighted by atomic mass is 10.1. The van der Waals surface area contributed by atoms with E-state index in [2.05, 4.69) is 187 Å². The van der Waals surface area contributed by atoms with Gasteiger partial charge in [0.25, 0.3) is 0 Å². The molecule has 4 aromatic carbocycles. The average Bonchev–Trinajstić information content (AvgIpc) is 2.73. The molecular formula is C24H16I4N+. The first kappa shape index (κ1) is 22.0. The minimum Gasteiger partial charge on any atom is -0.194 e. The first-order valence-corrected chi connectivity index (χ1v) is 13.3. The summed E-state index contributed by atoms with van der Waals surface area (Å²) in [6, 6.07) is 35.5. The van der Waals surface area contributed by atoms with Crippen molar-refractivity contribution in [2.24, 2.45) is 0 Å². The Morgan fingerprint density at radius 3 is 0.655 bits per heavy atom. The maximum absolute atomic E-state index is 2.37. The van der Waals surface area contributed by atoms with Gasteiger partial charge in [-0.2, -0.15) is 4.48 Å². The smallest absolute Gasteiger partial charge is 0.148 e. The van der Waals surface area contributed by atoms with Crippen molar-refractivity contribution in [3.63, 3.8) is 0 Å². The van der Waals surface area contributed by atoms with Gasteiger partial charge in [0, 0.05) is 62.8 Å². The molecule has 0 spiro atoms. The lowest BCUT2D eigenvalue weighted by Crippen LogP contribution is -2.33. The van der Waals surface area contributed by atoms with E-state index in [1.165, 1.54) is 37.0 Å². The summed E-state index contributed by atoms with van der Waals surface area (Å²) < 4.78 is 5.48. The number of hydrogen-bond acceptors (Lipinski definition) is 0. The van der Waals surface area contributed by atoms with E-state index in [1.54, 1.807) is 0 Å². The van der Waals surface area contributed by atoms with E-state index < -0.39 is 0 Å². The van der Waals surface area contributed by atoms with Gasteiger partial charge in [-0.25, -0.2) is 0 Å². The van der Waals surface area contributed by atoms with Crippen LogP contribution in [0, 0.1) is 14.3 Å². The Balaban J connectivity index is 2.11. The fourth-order valence-corrected chi connectivity index (χ4v) is 4.99. The number of benzene rings is 4. The number of rotatable bonds is 4. The van der Waals surface area contributed by atoms with Crippen LogP contribution in [0.25, 0.3) is 0 Å². The highest BCUT2D eigenvalue weighted by molar-refractivity contribution is 14.1. The van der Waals surface area contributed by atoms with Gasteiger partial charge in [-0.1, -0.05) is 0 Å². The Bertz CT molecular complexity index is 916. The minimum absolute atomic E-state index is 0.543. The lowest BCUT2D eigenvalue weighted by molar-refractivity contribution is 0.703. The van der Waals surface area contributed by atoms with Crippen LogP contribution in [0.1, 0.15) is 0 Å². The van der Waals surface area contributed by atoms with Crippen LogP contribution >= 0.6 is 90.4 Å². The molecule has 4 aromatic rings. The van der Waals surface area contributed by atoms with Crippen LogP contribution in [-0.2, 0) is 0 Å². The predicted molar refractivity (Wildman–Crippen MR) is 157 cm³/mol. The van der Waals surface area contributed by atoms with Crippen LogP contribution < -0.4 is 4.48 Å². The van der Waals surface area contributed by atoms with Crippen molar-refractivity contribution in [3.8, 4) is 0 Å². The molecule has 0 radical (unpaired) electrons. The van der Waals surface area contributed by atoms with E-state index in [0.29, 0.717) is 4.48 Å². The Kier molecular flexibility index (Phi) is 7.19. The normalized spacial score (nSPS) is 11.4. The third kappa shape index (κ3) is 4.53. The molecule has 5 heteroatoms. The van der Waals surface area contributed by atoms with Crippen molar-refractivity contribution >= 4 is 113 Å². The molecule has 0 aliphatic rings. The summed E-state index contributed by atoms with van der Waals surface area (Å²) in [5.74, 6) is 0. The van der Waals surface area contributed by atoms with Crippen molar-refractivity contribution < 1.29 is 0 Å². The topological polar surface area (TPSA) is 0 Å². The molecule has 0 bridgehead atoms. The third-order valence-electron chi connectivity index (χ3n) is 4.86. The van der Waals surface area contributed by atoms with Crippen molar-refractivity contribution in [1.29, 1.82) is 0 Å². The maximum Gasteiger partial charge on any atom is 0.148 e. The SMILES string of the molecule is Ic1ccc([N+](c2ccc(I)cc2)(c2ccc(I)cc2)c2ccc(I)cc2)cc1. The molecule has 4 rings (SSSR count). The second-order valence-corrected chi connectivity index (χ2v) is 11.6. The van der Waals surface area contributed by atoms with Gasteiger partial charge in [0.2, 0.25) is 0 Å². The monoisotopic (exact) mass is 826 g/mol. The van der Waals surface area contributed by atoms with E-state index in [9.17, 15) is 0 Å². The maximum atomic E-state index is 2.37. The number of quaternary nitrogens is 1. The van der Waals surface area contributed by atoms with Crippen molar-refractivity contribution in [2.45, 2.75) is 0 Å². The first-order valence-electron chi connectivity index (χ1n) is 8.94.